The molecule has 2 heterocycles. The SMILES string of the molecule is O=c1ccc(-c2c(F)cccc2F)nn1Cc1ccc2nsnc2c1. The molecule has 0 saturated carbocycles. The topological polar surface area (TPSA) is 60.7 Å². The molecule has 0 unspecified atom stereocenters. The van der Waals surface area contributed by atoms with Gasteiger partial charge in [-0.1, -0.05) is 12.1 Å². The van der Waals surface area contributed by atoms with Crippen molar-refractivity contribution in [3.8, 4) is 11.3 Å². The molecule has 0 bridgehead atoms. The molecule has 2 aromatic heterocycles. The van der Waals surface area contributed by atoms with Crippen molar-refractivity contribution < 1.29 is 8.78 Å². The first kappa shape index (κ1) is 15.5. The summed E-state index contributed by atoms with van der Waals surface area (Å²) >= 11 is 1.11. The second-order valence-electron chi connectivity index (χ2n) is 5.40. The third-order valence-electron chi connectivity index (χ3n) is 3.74. The van der Waals surface area contributed by atoms with Crippen LogP contribution in [0.2, 0.25) is 0 Å². The first-order valence-electron chi connectivity index (χ1n) is 7.35. The molecular formula is C17H10F2N4OS. The molecule has 0 saturated heterocycles. The van der Waals surface area contributed by atoms with E-state index in [-0.39, 0.29) is 23.4 Å². The lowest BCUT2D eigenvalue weighted by atomic mass is 10.1. The van der Waals surface area contributed by atoms with Gasteiger partial charge in [-0.3, -0.25) is 4.79 Å². The number of benzene rings is 2. The summed E-state index contributed by atoms with van der Waals surface area (Å²) in [4.78, 5) is 12.1. The van der Waals surface area contributed by atoms with E-state index in [0.717, 1.165) is 40.5 Å². The summed E-state index contributed by atoms with van der Waals surface area (Å²) in [6, 6.07) is 11.6. The average molecular weight is 356 g/mol. The highest BCUT2D eigenvalue weighted by Crippen LogP contribution is 2.23. The Kier molecular flexibility index (Phi) is 3.81. The van der Waals surface area contributed by atoms with Gasteiger partial charge in [0.2, 0.25) is 0 Å². The zero-order valence-electron chi connectivity index (χ0n) is 12.7. The molecule has 0 amide bonds. The van der Waals surface area contributed by atoms with Crippen LogP contribution in [0.15, 0.2) is 53.3 Å². The van der Waals surface area contributed by atoms with Crippen LogP contribution in [0.3, 0.4) is 0 Å². The van der Waals surface area contributed by atoms with Gasteiger partial charge in [0.15, 0.2) is 0 Å². The van der Waals surface area contributed by atoms with Crippen LogP contribution in [0.1, 0.15) is 5.56 Å². The van der Waals surface area contributed by atoms with Crippen LogP contribution in [0.4, 0.5) is 8.78 Å². The maximum absolute atomic E-state index is 14.0. The Labute approximate surface area is 144 Å². The summed E-state index contributed by atoms with van der Waals surface area (Å²) in [6.45, 7) is 0.163. The van der Waals surface area contributed by atoms with E-state index in [9.17, 15) is 13.6 Å². The van der Waals surface area contributed by atoms with Gasteiger partial charge in [0.25, 0.3) is 5.56 Å². The Balaban J connectivity index is 1.76. The van der Waals surface area contributed by atoms with Gasteiger partial charge in [-0.2, -0.15) is 13.8 Å². The van der Waals surface area contributed by atoms with E-state index in [1.807, 2.05) is 12.1 Å². The molecule has 0 aliphatic carbocycles. The summed E-state index contributed by atoms with van der Waals surface area (Å²) < 4.78 is 37.4. The number of fused-ring (bicyclic) bond motifs is 1. The number of aromatic nitrogens is 4. The van der Waals surface area contributed by atoms with E-state index >= 15 is 0 Å². The predicted molar refractivity (Wildman–Crippen MR) is 90.4 cm³/mol. The van der Waals surface area contributed by atoms with Crippen molar-refractivity contribution in [2.45, 2.75) is 6.54 Å². The van der Waals surface area contributed by atoms with Gasteiger partial charge in [-0.25, -0.2) is 13.5 Å². The van der Waals surface area contributed by atoms with Crippen molar-refractivity contribution in [2.24, 2.45) is 0 Å². The maximum atomic E-state index is 14.0. The van der Waals surface area contributed by atoms with Crippen LogP contribution in [0, 0.1) is 11.6 Å². The Morgan fingerprint density at radius 3 is 2.52 bits per heavy atom. The van der Waals surface area contributed by atoms with Gasteiger partial charge in [-0.05, 0) is 35.9 Å². The lowest BCUT2D eigenvalue weighted by Crippen LogP contribution is -2.23. The van der Waals surface area contributed by atoms with Gasteiger partial charge in [0, 0.05) is 6.07 Å². The van der Waals surface area contributed by atoms with E-state index in [2.05, 4.69) is 13.8 Å². The van der Waals surface area contributed by atoms with E-state index in [4.69, 9.17) is 0 Å². The van der Waals surface area contributed by atoms with Gasteiger partial charge in [0.05, 0.1) is 29.5 Å². The minimum Gasteiger partial charge on any atom is -0.268 e. The van der Waals surface area contributed by atoms with Crippen molar-refractivity contribution in [2.75, 3.05) is 0 Å². The van der Waals surface area contributed by atoms with Crippen molar-refractivity contribution in [1.29, 1.82) is 0 Å². The highest BCUT2D eigenvalue weighted by Gasteiger charge is 2.14. The van der Waals surface area contributed by atoms with Crippen LogP contribution in [-0.4, -0.2) is 18.5 Å². The summed E-state index contributed by atoms with van der Waals surface area (Å²) in [7, 11) is 0. The lowest BCUT2D eigenvalue weighted by Gasteiger charge is -2.08. The molecule has 4 rings (SSSR count). The zero-order chi connectivity index (χ0) is 17.4. The lowest BCUT2D eigenvalue weighted by molar-refractivity contribution is 0.583. The molecule has 124 valence electrons. The standard InChI is InChI=1S/C17H10F2N4OS/c18-11-2-1-3-12(19)17(11)14-6-7-16(24)23(20-14)9-10-4-5-13-15(8-10)22-25-21-13/h1-8H,9H2. The maximum Gasteiger partial charge on any atom is 0.267 e. The highest BCUT2D eigenvalue weighted by molar-refractivity contribution is 7.00. The van der Waals surface area contributed by atoms with Gasteiger partial charge in [-0.15, -0.1) is 0 Å². The second-order valence-corrected chi connectivity index (χ2v) is 5.93. The Morgan fingerprint density at radius 1 is 0.960 bits per heavy atom. The smallest absolute Gasteiger partial charge is 0.267 e. The minimum atomic E-state index is -0.729. The van der Waals surface area contributed by atoms with Crippen LogP contribution in [0.25, 0.3) is 22.3 Å². The molecule has 0 aliphatic heterocycles. The first-order chi connectivity index (χ1) is 12.1. The second kappa shape index (κ2) is 6.14. The molecule has 0 fully saturated rings. The fourth-order valence-corrected chi connectivity index (χ4v) is 3.05. The Hall–Kier alpha value is -3.00. The van der Waals surface area contributed by atoms with Crippen LogP contribution < -0.4 is 5.56 Å². The first-order valence-corrected chi connectivity index (χ1v) is 8.08. The zero-order valence-corrected chi connectivity index (χ0v) is 13.5. The quantitative estimate of drug-likeness (QED) is 0.565. The fourth-order valence-electron chi connectivity index (χ4n) is 2.54. The van der Waals surface area contributed by atoms with Gasteiger partial charge < -0.3 is 0 Å². The third kappa shape index (κ3) is 2.91. The molecule has 0 N–H and O–H groups in total. The van der Waals surface area contributed by atoms with E-state index in [0.29, 0.717) is 0 Å². The molecule has 5 nitrogen and oxygen atoms in total. The average Bonchev–Trinajstić information content (AvgIpc) is 3.05. The number of hydrogen-bond acceptors (Lipinski definition) is 5. The number of halogens is 2. The number of hydrogen-bond donors (Lipinski definition) is 0. The Bertz CT molecular complexity index is 1120. The summed E-state index contributed by atoms with van der Waals surface area (Å²) in [5.74, 6) is -1.46. The fraction of sp³-hybridized carbons (Fsp3) is 0.0588. The van der Waals surface area contributed by atoms with E-state index in [1.165, 1.54) is 22.9 Å². The van der Waals surface area contributed by atoms with Crippen molar-refractivity contribution >= 4 is 22.8 Å². The van der Waals surface area contributed by atoms with Crippen LogP contribution in [0.5, 0.6) is 0 Å². The summed E-state index contributed by atoms with van der Waals surface area (Å²) in [5.41, 5.74) is 1.74. The normalized spacial score (nSPS) is 11.1. The van der Waals surface area contributed by atoms with E-state index in [1.54, 1.807) is 6.07 Å². The molecule has 0 radical (unpaired) electrons. The number of rotatable bonds is 3. The molecule has 0 aliphatic rings. The van der Waals surface area contributed by atoms with Gasteiger partial charge >= 0.3 is 0 Å². The summed E-state index contributed by atoms with van der Waals surface area (Å²) in [5, 5.41) is 4.12. The van der Waals surface area contributed by atoms with Crippen LogP contribution >= 0.6 is 11.7 Å². The molecule has 25 heavy (non-hydrogen) atoms. The molecule has 0 spiro atoms. The molecule has 4 aromatic rings. The molecule has 0 atom stereocenters. The van der Waals surface area contributed by atoms with Crippen molar-refractivity contribution in [3.05, 3.63) is 76.1 Å². The minimum absolute atomic E-state index is 0.0617. The van der Waals surface area contributed by atoms with Gasteiger partial charge in [0.1, 0.15) is 22.7 Å². The largest absolute Gasteiger partial charge is 0.268 e. The Morgan fingerprint density at radius 2 is 1.72 bits per heavy atom. The summed E-state index contributed by atoms with van der Waals surface area (Å²) in [6.07, 6.45) is 0. The monoisotopic (exact) mass is 356 g/mol. The third-order valence-corrected chi connectivity index (χ3v) is 4.29. The highest BCUT2D eigenvalue weighted by atomic mass is 32.1. The van der Waals surface area contributed by atoms with Crippen LogP contribution in [-0.2, 0) is 6.54 Å². The van der Waals surface area contributed by atoms with E-state index < -0.39 is 11.6 Å². The predicted octanol–water partition coefficient (Wildman–Crippen LogP) is 3.24. The van der Waals surface area contributed by atoms with Crippen molar-refractivity contribution in [1.82, 2.24) is 18.5 Å². The molecular weight excluding hydrogens is 346 g/mol. The molecule has 2 aromatic carbocycles. The number of nitrogens with zero attached hydrogens (tertiary/aromatic N) is 4. The molecule has 8 heteroatoms. The van der Waals surface area contributed by atoms with Crippen molar-refractivity contribution in [3.63, 3.8) is 0 Å².